The highest BCUT2D eigenvalue weighted by molar-refractivity contribution is 5.80. The fraction of sp³-hybridized carbons (Fsp3) is 0.639. The molecule has 0 spiro atoms. The van der Waals surface area contributed by atoms with Crippen molar-refractivity contribution in [2.75, 3.05) is 6.54 Å². The maximum absolute atomic E-state index is 12.5. The highest BCUT2D eigenvalue weighted by Gasteiger charge is 2.12. The Kier molecular flexibility index (Phi) is 28.9. The topological polar surface area (TPSA) is 92.7 Å². The average Bonchev–Trinajstić information content (AvgIpc) is 2.97. The summed E-state index contributed by atoms with van der Waals surface area (Å²) in [6.45, 7) is 4.01. The van der Waals surface area contributed by atoms with Crippen LogP contribution in [0, 0.1) is 0 Å². The van der Waals surface area contributed by atoms with Gasteiger partial charge in [-0.05, 0) is 63.9 Å². The summed E-state index contributed by atoms with van der Waals surface area (Å²) in [5.41, 5.74) is 0. The van der Waals surface area contributed by atoms with Gasteiger partial charge >= 0.3 is 11.9 Å². The van der Waals surface area contributed by atoms with Gasteiger partial charge in [-0.15, -0.1) is 0 Å². The molecule has 6 heteroatoms. The molecule has 1 unspecified atom stereocenters. The number of hydrogen-bond donors (Lipinski definition) is 2. The number of rotatable bonds is 28. The SMILES string of the molecule is CC/C=C\C/C=C\C/C=C\C/C=C\C/C=C\C(CCCCC(=O)NCC(=O)O)OC(=O)CCCCCCCCCCC. The lowest BCUT2D eigenvalue weighted by atomic mass is 10.1. The van der Waals surface area contributed by atoms with Crippen molar-refractivity contribution in [1.29, 1.82) is 0 Å². The first-order valence-corrected chi connectivity index (χ1v) is 16.4. The molecule has 0 radical (unpaired) electrons. The van der Waals surface area contributed by atoms with Crippen LogP contribution >= 0.6 is 0 Å². The number of hydrogen-bond acceptors (Lipinski definition) is 4. The minimum Gasteiger partial charge on any atom is -0.480 e. The van der Waals surface area contributed by atoms with E-state index in [9.17, 15) is 14.4 Å². The maximum atomic E-state index is 12.5. The zero-order chi connectivity index (χ0) is 30.9. The van der Waals surface area contributed by atoms with Crippen molar-refractivity contribution in [3.8, 4) is 0 Å². The van der Waals surface area contributed by atoms with Crippen molar-refractivity contribution >= 4 is 17.8 Å². The molecule has 0 aromatic carbocycles. The Morgan fingerprint density at radius 3 is 1.69 bits per heavy atom. The zero-order valence-electron chi connectivity index (χ0n) is 26.6. The molecule has 0 aromatic heterocycles. The Hall–Kier alpha value is -2.89. The third kappa shape index (κ3) is 30.1. The summed E-state index contributed by atoms with van der Waals surface area (Å²) in [6.07, 6.45) is 39.2. The van der Waals surface area contributed by atoms with E-state index in [1.54, 1.807) is 0 Å². The third-order valence-corrected chi connectivity index (χ3v) is 6.69. The molecule has 238 valence electrons. The summed E-state index contributed by atoms with van der Waals surface area (Å²) in [6, 6.07) is 0. The molecular weight excluding hydrogens is 526 g/mol. The van der Waals surface area contributed by atoms with Gasteiger partial charge in [0.1, 0.15) is 12.6 Å². The van der Waals surface area contributed by atoms with Gasteiger partial charge in [0.25, 0.3) is 0 Å². The van der Waals surface area contributed by atoms with Crippen molar-refractivity contribution < 1.29 is 24.2 Å². The summed E-state index contributed by atoms with van der Waals surface area (Å²) < 4.78 is 5.77. The zero-order valence-corrected chi connectivity index (χ0v) is 26.6. The predicted molar refractivity (Wildman–Crippen MR) is 175 cm³/mol. The fourth-order valence-corrected chi connectivity index (χ4v) is 4.28. The second kappa shape index (κ2) is 31.1. The van der Waals surface area contributed by atoms with Gasteiger partial charge in [-0.1, -0.05) is 120 Å². The van der Waals surface area contributed by atoms with E-state index in [1.807, 2.05) is 12.2 Å². The number of aliphatic carboxylic acids is 1. The molecule has 0 rings (SSSR count). The molecule has 0 fully saturated rings. The molecule has 0 aliphatic carbocycles. The van der Waals surface area contributed by atoms with Gasteiger partial charge in [0.2, 0.25) is 5.91 Å². The van der Waals surface area contributed by atoms with Crippen molar-refractivity contribution in [2.45, 2.75) is 142 Å². The summed E-state index contributed by atoms with van der Waals surface area (Å²) in [5, 5.41) is 11.1. The minimum absolute atomic E-state index is 0.164. The Morgan fingerprint density at radius 1 is 0.643 bits per heavy atom. The summed E-state index contributed by atoms with van der Waals surface area (Å²) in [5.74, 6) is -1.49. The highest BCUT2D eigenvalue weighted by Crippen LogP contribution is 2.14. The van der Waals surface area contributed by atoms with Crippen molar-refractivity contribution in [2.24, 2.45) is 0 Å². The molecular formula is C36H59NO5. The number of carbonyl (C=O) groups is 3. The molecule has 1 atom stereocenters. The van der Waals surface area contributed by atoms with E-state index in [-0.39, 0.29) is 30.9 Å². The van der Waals surface area contributed by atoms with Crippen LogP contribution in [0.2, 0.25) is 0 Å². The van der Waals surface area contributed by atoms with Gasteiger partial charge in [-0.2, -0.15) is 0 Å². The molecule has 0 heterocycles. The lowest BCUT2D eigenvalue weighted by Gasteiger charge is -2.14. The number of allylic oxidation sites excluding steroid dienone is 9. The Morgan fingerprint density at radius 2 is 1.14 bits per heavy atom. The van der Waals surface area contributed by atoms with Gasteiger partial charge in [0.15, 0.2) is 0 Å². The van der Waals surface area contributed by atoms with Crippen molar-refractivity contribution in [3.63, 3.8) is 0 Å². The Labute approximate surface area is 256 Å². The fourth-order valence-electron chi connectivity index (χ4n) is 4.28. The standard InChI is InChI=1S/C36H59NO5/c1-3-5-7-9-11-13-14-15-16-17-19-20-22-24-28-33(29-26-27-30-34(38)37-32-35(39)40)42-36(41)31-25-23-21-18-12-10-8-6-4-2/h5,7,11,13,15-16,19-20,24,28,33H,3-4,6,8-10,12,14,17-18,21-23,25-27,29-32H2,1-2H3,(H,37,38)(H,39,40)/b7-5-,13-11-,16-15-,20-19-,28-24-. The smallest absolute Gasteiger partial charge is 0.322 e. The molecule has 2 N–H and O–H groups in total. The quantitative estimate of drug-likeness (QED) is 0.0542. The molecule has 0 bridgehead atoms. The highest BCUT2D eigenvalue weighted by atomic mass is 16.5. The van der Waals surface area contributed by atoms with E-state index in [1.165, 1.54) is 44.9 Å². The Balaban J connectivity index is 4.44. The first-order valence-electron chi connectivity index (χ1n) is 16.4. The van der Waals surface area contributed by atoms with Gasteiger partial charge in [0.05, 0.1) is 0 Å². The van der Waals surface area contributed by atoms with Crippen LogP contribution in [0.5, 0.6) is 0 Å². The number of unbranched alkanes of at least 4 members (excludes halogenated alkanes) is 9. The van der Waals surface area contributed by atoms with Gasteiger partial charge < -0.3 is 15.2 Å². The number of ether oxygens (including phenoxy) is 1. The average molecular weight is 586 g/mol. The van der Waals surface area contributed by atoms with Gasteiger partial charge in [-0.25, -0.2) is 0 Å². The number of carboxylic acids is 1. The van der Waals surface area contributed by atoms with Crippen LogP contribution < -0.4 is 5.32 Å². The van der Waals surface area contributed by atoms with Gasteiger partial charge in [-0.3, -0.25) is 14.4 Å². The number of nitrogens with one attached hydrogen (secondary N) is 1. The molecule has 6 nitrogen and oxygen atoms in total. The van der Waals surface area contributed by atoms with Crippen LogP contribution in [0.4, 0.5) is 0 Å². The molecule has 0 aliphatic heterocycles. The van der Waals surface area contributed by atoms with E-state index >= 15 is 0 Å². The lowest BCUT2D eigenvalue weighted by Crippen LogP contribution is -2.28. The van der Waals surface area contributed by atoms with E-state index in [0.29, 0.717) is 25.7 Å². The van der Waals surface area contributed by atoms with Crippen LogP contribution in [-0.4, -0.2) is 35.6 Å². The van der Waals surface area contributed by atoms with Crippen molar-refractivity contribution in [3.05, 3.63) is 60.8 Å². The first-order chi connectivity index (χ1) is 20.5. The number of carboxylic acid groups (broad SMARTS) is 1. The second-order valence-electron chi connectivity index (χ2n) is 10.7. The maximum Gasteiger partial charge on any atom is 0.322 e. The second-order valence-corrected chi connectivity index (χ2v) is 10.7. The third-order valence-electron chi connectivity index (χ3n) is 6.69. The minimum atomic E-state index is -1.05. The van der Waals surface area contributed by atoms with Crippen LogP contribution in [0.3, 0.4) is 0 Å². The summed E-state index contributed by atoms with van der Waals surface area (Å²) >= 11 is 0. The van der Waals surface area contributed by atoms with Crippen LogP contribution in [-0.2, 0) is 19.1 Å². The monoisotopic (exact) mass is 585 g/mol. The summed E-state index contributed by atoms with van der Waals surface area (Å²) in [4.78, 5) is 34.8. The first kappa shape index (κ1) is 39.1. The van der Waals surface area contributed by atoms with Crippen LogP contribution in [0.15, 0.2) is 60.8 Å². The van der Waals surface area contributed by atoms with Crippen LogP contribution in [0.1, 0.15) is 136 Å². The normalized spacial score (nSPS) is 12.8. The predicted octanol–water partition coefficient (Wildman–Crippen LogP) is 9.33. The molecule has 0 aliphatic rings. The number of amides is 1. The van der Waals surface area contributed by atoms with E-state index in [4.69, 9.17) is 9.84 Å². The molecule has 42 heavy (non-hydrogen) atoms. The van der Waals surface area contributed by atoms with Crippen molar-refractivity contribution in [1.82, 2.24) is 5.32 Å². The van der Waals surface area contributed by atoms with E-state index in [0.717, 1.165) is 44.9 Å². The summed E-state index contributed by atoms with van der Waals surface area (Å²) in [7, 11) is 0. The molecule has 0 saturated heterocycles. The molecule has 0 saturated carbocycles. The van der Waals surface area contributed by atoms with E-state index in [2.05, 4.69) is 67.8 Å². The lowest BCUT2D eigenvalue weighted by molar-refractivity contribution is -0.147. The molecule has 0 aromatic rings. The number of esters is 1. The Bertz CT molecular complexity index is 825. The largest absolute Gasteiger partial charge is 0.480 e. The van der Waals surface area contributed by atoms with Crippen LogP contribution in [0.25, 0.3) is 0 Å². The molecule has 1 amide bonds. The van der Waals surface area contributed by atoms with E-state index < -0.39 is 5.97 Å². The number of carbonyl (C=O) groups excluding carboxylic acids is 2. The van der Waals surface area contributed by atoms with Gasteiger partial charge in [0, 0.05) is 12.8 Å².